The molecule has 0 bridgehead atoms. The van der Waals surface area contributed by atoms with Gasteiger partial charge in [0.2, 0.25) is 0 Å². The van der Waals surface area contributed by atoms with Crippen LogP contribution in [0.5, 0.6) is 0 Å². The molecule has 14 aromatic rings. The Morgan fingerprint density at radius 1 is 0.311 bits per heavy atom. The van der Waals surface area contributed by atoms with Gasteiger partial charge in [-0.2, -0.15) is 0 Å². The summed E-state index contributed by atoms with van der Waals surface area (Å²) < 4.78 is 19.0. The lowest BCUT2D eigenvalue weighted by atomic mass is 9.86. The van der Waals surface area contributed by atoms with E-state index in [1.54, 1.807) is 0 Å². The van der Waals surface area contributed by atoms with Gasteiger partial charge in [-0.3, -0.25) is 0 Å². The lowest BCUT2D eigenvalue weighted by Gasteiger charge is -2.19. The van der Waals surface area contributed by atoms with E-state index < -0.39 is 0 Å². The van der Waals surface area contributed by atoms with Gasteiger partial charge in [0.05, 0.1) is 22.1 Å². The zero-order valence-electron chi connectivity index (χ0n) is 43.2. The van der Waals surface area contributed by atoms with Crippen LogP contribution in [0.4, 0.5) is 0 Å². The monoisotopic (exact) mass is 956 g/mol. The van der Waals surface area contributed by atoms with E-state index in [-0.39, 0.29) is 10.8 Å². The van der Waals surface area contributed by atoms with Gasteiger partial charge < -0.3 is 18.0 Å². The van der Waals surface area contributed by atoms with Gasteiger partial charge in [-0.05, 0) is 118 Å². The van der Waals surface area contributed by atoms with Crippen molar-refractivity contribution in [3.63, 3.8) is 0 Å². The summed E-state index contributed by atoms with van der Waals surface area (Å²) in [7, 11) is 0. The van der Waals surface area contributed by atoms with Crippen LogP contribution in [0.15, 0.2) is 203 Å². The van der Waals surface area contributed by atoms with Crippen molar-refractivity contribution in [2.24, 2.45) is 0 Å². The van der Waals surface area contributed by atoms with Crippen molar-refractivity contribution in [1.29, 1.82) is 0 Å². The highest BCUT2D eigenvalue weighted by Crippen LogP contribution is 2.45. The van der Waals surface area contributed by atoms with E-state index in [9.17, 15) is 0 Å². The Morgan fingerprint density at radius 2 is 0.676 bits per heavy atom. The number of furan rings is 2. The first-order chi connectivity index (χ1) is 35.8. The molecule has 0 saturated heterocycles. The van der Waals surface area contributed by atoms with E-state index in [4.69, 9.17) is 8.83 Å². The minimum absolute atomic E-state index is 0.0127. The molecule has 10 aromatic carbocycles. The smallest absolute Gasteiger partial charge is 0.143 e. The summed E-state index contributed by atoms with van der Waals surface area (Å²) in [5.74, 6) is 0. The maximum atomic E-state index is 7.08. The molecule has 358 valence electrons. The van der Waals surface area contributed by atoms with Gasteiger partial charge in [-0.1, -0.05) is 175 Å². The molecule has 0 aliphatic heterocycles. The van der Waals surface area contributed by atoms with Crippen LogP contribution in [0, 0.1) is 13.8 Å². The first-order valence-corrected chi connectivity index (χ1v) is 26.0. The molecular weight excluding hydrogens is 901 g/mol. The third-order valence-corrected chi connectivity index (χ3v) is 16.0. The van der Waals surface area contributed by atoms with Crippen LogP contribution in [-0.2, 0) is 10.8 Å². The van der Waals surface area contributed by atoms with Gasteiger partial charge in [0.25, 0.3) is 0 Å². The number of fused-ring (bicyclic) bond motifs is 12. The molecule has 0 amide bonds. The molecule has 14 rings (SSSR count). The summed E-state index contributed by atoms with van der Waals surface area (Å²) in [4.78, 5) is 0. The third-order valence-electron chi connectivity index (χ3n) is 16.0. The molecule has 4 heterocycles. The minimum Gasteiger partial charge on any atom is -0.455 e. The quantitative estimate of drug-likeness (QED) is 0.172. The molecule has 4 nitrogen and oxygen atoms in total. The molecule has 0 aliphatic carbocycles. The van der Waals surface area contributed by atoms with E-state index in [1.165, 1.54) is 88.1 Å². The number of hydrogen-bond acceptors (Lipinski definition) is 2. The second-order valence-electron chi connectivity index (χ2n) is 22.7. The summed E-state index contributed by atoms with van der Waals surface area (Å²) in [5, 5.41) is 9.24. The van der Waals surface area contributed by atoms with E-state index in [2.05, 4.69) is 259 Å². The van der Waals surface area contributed by atoms with Gasteiger partial charge >= 0.3 is 0 Å². The molecule has 0 unspecified atom stereocenters. The van der Waals surface area contributed by atoms with E-state index >= 15 is 0 Å². The molecular formula is C70H56N2O2. The lowest BCUT2D eigenvalue weighted by molar-refractivity contribution is 0.590. The van der Waals surface area contributed by atoms with Crippen LogP contribution < -0.4 is 0 Å². The summed E-state index contributed by atoms with van der Waals surface area (Å²) in [6.07, 6.45) is 0. The molecule has 0 aliphatic rings. The largest absolute Gasteiger partial charge is 0.455 e. The number of hydrogen-bond donors (Lipinski definition) is 0. The topological polar surface area (TPSA) is 36.1 Å². The fourth-order valence-corrected chi connectivity index (χ4v) is 11.9. The van der Waals surface area contributed by atoms with Crippen molar-refractivity contribution in [2.45, 2.75) is 66.2 Å². The average molecular weight is 957 g/mol. The Hall–Kier alpha value is -8.60. The molecule has 0 saturated carbocycles. The lowest BCUT2D eigenvalue weighted by Crippen LogP contribution is -2.10. The molecule has 0 atom stereocenters. The molecule has 0 spiro atoms. The molecule has 4 aromatic heterocycles. The van der Waals surface area contributed by atoms with Crippen molar-refractivity contribution in [1.82, 2.24) is 9.13 Å². The average Bonchev–Trinajstić information content (AvgIpc) is 4.15. The Balaban J connectivity index is 0.927. The van der Waals surface area contributed by atoms with Crippen LogP contribution >= 0.6 is 0 Å². The fraction of sp³-hybridized carbons (Fsp3) is 0.143. The summed E-state index contributed by atoms with van der Waals surface area (Å²) in [6, 6.07) is 71.6. The number of aromatic nitrogens is 2. The van der Waals surface area contributed by atoms with Gasteiger partial charge in [0.15, 0.2) is 0 Å². The van der Waals surface area contributed by atoms with Gasteiger partial charge in [-0.15, -0.1) is 0 Å². The fourth-order valence-electron chi connectivity index (χ4n) is 11.9. The second kappa shape index (κ2) is 15.9. The van der Waals surface area contributed by atoms with Crippen molar-refractivity contribution < 1.29 is 8.83 Å². The third kappa shape index (κ3) is 6.74. The summed E-state index contributed by atoms with van der Waals surface area (Å²) in [6.45, 7) is 18.1. The molecule has 0 radical (unpaired) electrons. The predicted molar refractivity (Wildman–Crippen MR) is 313 cm³/mol. The normalized spacial score (nSPS) is 12.6. The number of aryl methyl sites for hydroxylation is 2. The van der Waals surface area contributed by atoms with Gasteiger partial charge in [0.1, 0.15) is 22.3 Å². The molecule has 0 fully saturated rings. The Labute approximate surface area is 430 Å². The first kappa shape index (κ1) is 44.1. The summed E-state index contributed by atoms with van der Waals surface area (Å²) >= 11 is 0. The Kier molecular flexibility index (Phi) is 9.51. The van der Waals surface area contributed by atoms with Crippen LogP contribution in [0.3, 0.4) is 0 Å². The van der Waals surface area contributed by atoms with Crippen LogP contribution in [0.25, 0.3) is 132 Å². The Bertz CT molecular complexity index is 4350. The van der Waals surface area contributed by atoms with E-state index in [0.29, 0.717) is 0 Å². The minimum atomic E-state index is -0.0127. The number of rotatable bonds is 5. The maximum Gasteiger partial charge on any atom is 0.143 e. The molecule has 0 N–H and O–H groups in total. The van der Waals surface area contributed by atoms with E-state index in [1.807, 2.05) is 0 Å². The van der Waals surface area contributed by atoms with Crippen molar-refractivity contribution in [2.75, 3.05) is 0 Å². The number of para-hydroxylation sites is 2. The zero-order valence-corrected chi connectivity index (χ0v) is 43.2. The highest BCUT2D eigenvalue weighted by Gasteiger charge is 2.24. The standard InChI is InChI=1S/C70H56N2O2/c1-41-15-9-11-17-49(41)43-23-29-51-53-31-25-45(69(3,4)5)37-63(53)71(61(51)35-43)47-27-33-55-57-19-13-21-59(67(57)73-65(55)39-47)60-22-14-20-58-56-34-28-48(40-66(56)74-68(58)60)72-62-36-44(50-18-12-10-16-42(50)2)24-30-52(62)54-32-26-46(38-64(54)72)70(6,7)8/h9-40H,1-8H3. The molecule has 4 heteroatoms. The predicted octanol–water partition coefficient (Wildman–Crippen LogP) is 19.9. The van der Waals surface area contributed by atoms with Crippen LogP contribution in [0.1, 0.15) is 63.8 Å². The van der Waals surface area contributed by atoms with Gasteiger partial charge in [0, 0.05) is 77.7 Å². The van der Waals surface area contributed by atoms with Gasteiger partial charge in [-0.25, -0.2) is 0 Å². The van der Waals surface area contributed by atoms with Crippen LogP contribution in [0.2, 0.25) is 0 Å². The van der Waals surface area contributed by atoms with Crippen LogP contribution in [-0.4, -0.2) is 9.13 Å². The Morgan fingerprint density at radius 3 is 1.08 bits per heavy atom. The SMILES string of the molecule is Cc1ccccc1-c1ccc2c3ccc(C(C)(C)C)cc3n(-c3ccc4c(c3)oc3c(-c5cccc6c5oc5cc(-n7c8cc(-c9ccccc9C)ccc8c8ccc(C(C)(C)C)cc87)ccc56)cccc34)c2c1. The van der Waals surface area contributed by atoms with E-state index in [0.717, 1.165) is 66.4 Å². The second-order valence-corrected chi connectivity index (χ2v) is 22.7. The summed E-state index contributed by atoms with van der Waals surface area (Å²) in [5.41, 5.74) is 22.2. The first-order valence-electron chi connectivity index (χ1n) is 26.0. The zero-order chi connectivity index (χ0) is 50.4. The van der Waals surface area contributed by atoms with Crippen molar-refractivity contribution >= 4 is 87.5 Å². The highest BCUT2D eigenvalue weighted by molar-refractivity contribution is 6.17. The number of nitrogens with zero attached hydrogens (tertiary/aromatic N) is 2. The maximum absolute atomic E-state index is 7.08. The van der Waals surface area contributed by atoms with Crippen molar-refractivity contribution in [3.05, 3.63) is 216 Å². The highest BCUT2D eigenvalue weighted by atomic mass is 16.3. The van der Waals surface area contributed by atoms with Crippen molar-refractivity contribution in [3.8, 4) is 44.8 Å². The number of benzene rings is 10. The molecule has 74 heavy (non-hydrogen) atoms.